The number of nitrogens with one attached hydrogen (secondary N) is 2. The van der Waals surface area contributed by atoms with Crippen LogP contribution in [0.5, 0.6) is 11.5 Å². The molecule has 162 valence electrons. The molecule has 0 atom stereocenters. The minimum absolute atomic E-state index is 0.219. The molecule has 0 aliphatic carbocycles. The average molecular weight is 431 g/mol. The zero-order chi connectivity index (χ0) is 21.8. The lowest BCUT2D eigenvalue weighted by Crippen LogP contribution is -2.34. The number of rotatable bonds is 11. The molecule has 0 unspecified atom stereocenters. The Morgan fingerprint density at radius 1 is 1.00 bits per heavy atom. The zero-order valence-electron chi connectivity index (χ0n) is 17.8. The standard InChI is InChI=1S/C23H30N2O4S/c1-4-27-14-15-29-21-7-5-6-18(16-21)22(26)25-23(30)24-19-8-10-20(11-9-19)28-13-12-17(2)3/h5-11,16-17H,4,12-15H2,1-3H3,(H2,24,25,26,30). The predicted molar refractivity (Wildman–Crippen MR) is 124 cm³/mol. The molecule has 0 saturated carbocycles. The van der Waals surface area contributed by atoms with Crippen LogP contribution in [0.15, 0.2) is 48.5 Å². The number of amides is 1. The van der Waals surface area contributed by atoms with Crippen molar-refractivity contribution in [1.29, 1.82) is 0 Å². The average Bonchev–Trinajstić information content (AvgIpc) is 2.72. The second-order valence-electron chi connectivity index (χ2n) is 7.04. The van der Waals surface area contributed by atoms with Crippen LogP contribution < -0.4 is 20.1 Å². The zero-order valence-corrected chi connectivity index (χ0v) is 18.6. The lowest BCUT2D eigenvalue weighted by molar-refractivity contribution is 0.0976. The summed E-state index contributed by atoms with van der Waals surface area (Å²) in [6, 6.07) is 14.4. The maximum absolute atomic E-state index is 12.5. The van der Waals surface area contributed by atoms with E-state index in [1.807, 2.05) is 31.2 Å². The molecule has 1 amide bonds. The Hall–Kier alpha value is -2.64. The van der Waals surface area contributed by atoms with Crippen molar-refractivity contribution in [2.45, 2.75) is 27.2 Å². The molecule has 0 aliphatic rings. The van der Waals surface area contributed by atoms with Gasteiger partial charge in [-0.15, -0.1) is 0 Å². The summed E-state index contributed by atoms with van der Waals surface area (Å²) in [7, 11) is 0. The fourth-order valence-corrected chi connectivity index (χ4v) is 2.69. The first-order valence-electron chi connectivity index (χ1n) is 10.1. The highest BCUT2D eigenvalue weighted by atomic mass is 32.1. The van der Waals surface area contributed by atoms with E-state index in [4.69, 9.17) is 26.4 Å². The number of benzene rings is 2. The lowest BCUT2D eigenvalue weighted by Gasteiger charge is -2.12. The molecule has 30 heavy (non-hydrogen) atoms. The first-order chi connectivity index (χ1) is 14.5. The van der Waals surface area contributed by atoms with Crippen LogP contribution in [-0.4, -0.2) is 37.4 Å². The van der Waals surface area contributed by atoms with Crippen LogP contribution in [0, 0.1) is 5.92 Å². The van der Waals surface area contributed by atoms with Crippen molar-refractivity contribution in [3.05, 3.63) is 54.1 Å². The number of carbonyl (C=O) groups excluding carboxylic acids is 1. The monoisotopic (exact) mass is 430 g/mol. The van der Waals surface area contributed by atoms with Crippen LogP contribution in [0.3, 0.4) is 0 Å². The summed E-state index contributed by atoms with van der Waals surface area (Å²) in [5.74, 6) is 1.71. The van der Waals surface area contributed by atoms with Crippen LogP contribution in [0.25, 0.3) is 0 Å². The number of hydrogen-bond donors (Lipinski definition) is 2. The third kappa shape index (κ3) is 8.80. The maximum Gasteiger partial charge on any atom is 0.257 e. The van der Waals surface area contributed by atoms with E-state index in [0.717, 1.165) is 17.9 Å². The SMILES string of the molecule is CCOCCOc1cccc(C(=O)NC(=S)Nc2ccc(OCCC(C)C)cc2)c1. The smallest absolute Gasteiger partial charge is 0.257 e. The molecular formula is C23H30N2O4S. The van der Waals surface area contributed by atoms with Gasteiger partial charge in [-0.05, 0) is 73.9 Å². The van der Waals surface area contributed by atoms with Gasteiger partial charge in [0.25, 0.3) is 5.91 Å². The predicted octanol–water partition coefficient (Wildman–Crippen LogP) is 4.65. The Morgan fingerprint density at radius 3 is 2.43 bits per heavy atom. The van der Waals surface area contributed by atoms with Gasteiger partial charge in [0.15, 0.2) is 5.11 Å². The highest BCUT2D eigenvalue weighted by molar-refractivity contribution is 7.80. The van der Waals surface area contributed by atoms with Crippen LogP contribution in [0.4, 0.5) is 5.69 Å². The van der Waals surface area contributed by atoms with E-state index in [0.29, 0.717) is 43.7 Å². The third-order valence-electron chi connectivity index (χ3n) is 4.10. The van der Waals surface area contributed by atoms with Crippen molar-refractivity contribution >= 4 is 28.9 Å². The molecule has 2 aromatic rings. The van der Waals surface area contributed by atoms with Gasteiger partial charge in [0.2, 0.25) is 0 Å². The van der Waals surface area contributed by atoms with Crippen molar-refractivity contribution < 1.29 is 19.0 Å². The second kappa shape index (κ2) is 12.8. The van der Waals surface area contributed by atoms with Crippen molar-refractivity contribution in [1.82, 2.24) is 5.32 Å². The van der Waals surface area contributed by atoms with Crippen LogP contribution in [-0.2, 0) is 4.74 Å². The molecule has 0 aromatic heterocycles. The summed E-state index contributed by atoms with van der Waals surface area (Å²) < 4.78 is 16.5. The molecule has 0 saturated heterocycles. The van der Waals surface area contributed by atoms with E-state index >= 15 is 0 Å². The summed E-state index contributed by atoms with van der Waals surface area (Å²) in [5.41, 5.74) is 1.23. The van der Waals surface area contributed by atoms with Gasteiger partial charge >= 0.3 is 0 Å². The fourth-order valence-electron chi connectivity index (χ4n) is 2.47. The summed E-state index contributed by atoms with van der Waals surface area (Å²) in [4.78, 5) is 12.5. The van der Waals surface area contributed by atoms with E-state index in [9.17, 15) is 4.79 Å². The molecule has 6 nitrogen and oxygen atoms in total. The van der Waals surface area contributed by atoms with Gasteiger partial charge in [0, 0.05) is 17.9 Å². The topological polar surface area (TPSA) is 68.8 Å². The van der Waals surface area contributed by atoms with Crippen molar-refractivity contribution in [2.24, 2.45) is 5.92 Å². The van der Waals surface area contributed by atoms with Crippen LogP contribution in [0.2, 0.25) is 0 Å². The van der Waals surface area contributed by atoms with Gasteiger partial charge in [0.05, 0.1) is 13.2 Å². The first-order valence-corrected chi connectivity index (χ1v) is 10.5. The van der Waals surface area contributed by atoms with Gasteiger partial charge in [-0.25, -0.2) is 0 Å². The summed E-state index contributed by atoms with van der Waals surface area (Å²) >= 11 is 5.25. The Labute approximate surface area is 183 Å². The largest absolute Gasteiger partial charge is 0.494 e. The Kier molecular flexibility index (Phi) is 10.1. The molecule has 2 N–H and O–H groups in total. The number of ether oxygens (including phenoxy) is 3. The minimum Gasteiger partial charge on any atom is -0.494 e. The van der Waals surface area contributed by atoms with Gasteiger partial charge in [-0.3, -0.25) is 10.1 Å². The summed E-state index contributed by atoms with van der Waals surface area (Å²) in [5, 5.41) is 5.90. The number of hydrogen-bond acceptors (Lipinski definition) is 5. The van der Waals surface area contributed by atoms with E-state index in [-0.39, 0.29) is 11.0 Å². The number of anilines is 1. The quantitative estimate of drug-likeness (QED) is 0.399. The second-order valence-corrected chi connectivity index (χ2v) is 7.45. The highest BCUT2D eigenvalue weighted by Gasteiger charge is 2.09. The fraction of sp³-hybridized carbons (Fsp3) is 0.391. The molecule has 2 rings (SSSR count). The number of carbonyl (C=O) groups is 1. The normalized spacial score (nSPS) is 10.5. The molecular weight excluding hydrogens is 400 g/mol. The van der Waals surface area contributed by atoms with Gasteiger partial charge < -0.3 is 19.5 Å². The molecule has 0 aliphatic heterocycles. The van der Waals surface area contributed by atoms with E-state index in [1.54, 1.807) is 24.3 Å². The molecule has 0 radical (unpaired) electrons. The van der Waals surface area contributed by atoms with Crippen molar-refractivity contribution in [3.63, 3.8) is 0 Å². The number of thiocarbonyl (C=S) groups is 1. The van der Waals surface area contributed by atoms with Crippen LogP contribution in [0.1, 0.15) is 37.6 Å². The Morgan fingerprint density at radius 2 is 1.73 bits per heavy atom. The minimum atomic E-state index is -0.309. The summed E-state index contributed by atoms with van der Waals surface area (Å²) in [6.45, 7) is 8.52. The molecule has 2 aromatic carbocycles. The molecule has 0 heterocycles. The highest BCUT2D eigenvalue weighted by Crippen LogP contribution is 2.17. The molecule has 0 spiro atoms. The van der Waals surface area contributed by atoms with Crippen LogP contribution >= 0.6 is 12.2 Å². The van der Waals surface area contributed by atoms with Crippen molar-refractivity contribution in [3.8, 4) is 11.5 Å². The first kappa shape index (κ1) is 23.6. The Bertz CT molecular complexity index is 809. The molecule has 0 bridgehead atoms. The molecule has 7 heteroatoms. The van der Waals surface area contributed by atoms with Gasteiger partial charge in [-0.2, -0.15) is 0 Å². The van der Waals surface area contributed by atoms with Gasteiger partial charge in [0.1, 0.15) is 18.1 Å². The summed E-state index contributed by atoms with van der Waals surface area (Å²) in [6.07, 6.45) is 1.01. The van der Waals surface area contributed by atoms with E-state index < -0.39 is 0 Å². The molecule has 0 fully saturated rings. The Balaban J connectivity index is 1.82. The maximum atomic E-state index is 12.5. The van der Waals surface area contributed by atoms with E-state index in [1.165, 1.54) is 0 Å². The van der Waals surface area contributed by atoms with E-state index in [2.05, 4.69) is 24.5 Å². The lowest BCUT2D eigenvalue weighted by atomic mass is 10.1. The van der Waals surface area contributed by atoms with Crippen molar-refractivity contribution in [2.75, 3.05) is 31.7 Å². The third-order valence-corrected chi connectivity index (χ3v) is 4.30. The van der Waals surface area contributed by atoms with Gasteiger partial charge in [-0.1, -0.05) is 19.9 Å².